The number of carboxylic acid groups (broad SMARTS) is 1. The number of carboxylic acids is 1. The number of rotatable bonds is 5. The summed E-state index contributed by atoms with van der Waals surface area (Å²) in [6, 6.07) is 0.311. The first kappa shape index (κ1) is 14.4. The van der Waals surface area contributed by atoms with Crippen LogP contribution in [-0.4, -0.2) is 39.5 Å². The Balaban J connectivity index is 1.73. The van der Waals surface area contributed by atoms with Gasteiger partial charge in [-0.05, 0) is 45.1 Å². The zero-order chi connectivity index (χ0) is 14.7. The average Bonchev–Trinajstić information content (AvgIpc) is 3.11. The smallest absolute Gasteiger partial charge is 0.358 e. The molecule has 3 rings (SSSR count). The van der Waals surface area contributed by atoms with Gasteiger partial charge in [0.25, 0.3) is 0 Å². The lowest BCUT2D eigenvalue weighted by molar-refractivity contribution is 0.0671. The Bertz CT molecular complexity index is 488. The molecule has 1 aliphatic heterocycles. The van der Waals surface area contributed by atoms with Gasteiger partial charge in [0.05, 0.1) is 18.8 Å². The summed E-state index contributed by atoms with van der Waals surface area (Å²) in [5.41, 5.74) is 0.189. The van der Waals surface area contributed by atoms with Gasteiger partial charge in [0.1, 0.15) is 0 Å². The van der Waals surface area contributed by atoms with Crippen molar-refractivity contribution < 1.29 is 14.6 Å². The standard InChI is InChI=1S/C15H23N3O3/c19-15(20)14-13(21-12-6-2-1-3-7-12)9-17-18(14)10-11-5-4-8-16-11/h9,11-12,16H,1-8,10H2,(H,19,20). The van der Waals surface area contributed by atoms with E-state index in [1.54, 1.807) is 10.9 Å². The van der Waals surface area contributed by atoms with Gasteiger partial charge in [-0.2, -0.15) is 5.10 Å². The fraction of sp³-hybridized carbons (Fsp3) is 0.733. The summed E-state index contributed by atoms with van der Waals surface area (Å²) in [5.74, 6) is -0.538. The molecule has 0 bridgehead atoms. The molecule has 1 unspecified atom stereocenters. The summed E-state index contributed by atoms with van der Waals surface area (Å²) in [6.45, 7) is 1.59. The summed E-state index contributed by atoms with van der Waals surface area (Å²) in [4.78, 5) is 11.6. The molecule has 6 nitrogen and oxygen atoms in total. The van der Waals surface area contributed by atoms with E-state index >= 15 is 0 Å². The van der Waals surface area contributed by atoms with Crippen LogP contribution in [0.1, 0.15) is 55.4 Å². The van der Waals surface area contributed by atoms with Gasteiger partial charge in [-0.3, -0.25) is 4.68 Å². The van der Waals surface area contributed by atoms with E-state index in [4.69, 9.17) is 4.74 Å². The highest BCUT2D eigenvalue weighted by Crippen LogP contribution is 2.26. The van der Waals surface area contributed by atoms with Crippen molar-refractivity contribution >= 4 is 5.97 Å². The lowest BCUT2D eigenvalue weighted by atomic mass is 9.98. The summed E-state index contributed by atoms with van der Waals surface area (Å²) < 4.78 is 7.48. The Morgan fingerprint density at radius 1 is 1.33 bits per heavy atom. The molecule has 1 aliphatic carbocycles. The van der Waals surface area contributed by atoms with E-state index in [-0.39, 0.29) is 11.8 Å². The predicted molar refractivity (Wildman–Crippen MR) is 77.7 cm³/mol. The molecule has 2 N–H and O–H groups in total. The second kappa shape index (κ2) is 6.47. The Morgan fingerprint density at radius 2 is 2.14 bits per heavy atom. The first-order valence-electron chi connectivity index (χ1n) is 7.93. The van der Waals surface area contributed by atoms with Gasteiger partial charge in [0, 0.05) is 6.04 Å². The zero-order valence-corrected chi connectivity index (χ0v) is 12.3. The van der Waals surface area contributed by atoms with Crippen molar-refractivity contribution in [1.82, 2.24) is 15.1 Å². The largest absolute Gasteiger partial charge is 0.486 e. The minimum atomic E-state index is -0.962. The molecule has 21 heavy (non-hydrogen) atoms. The Kier molecular flexibility index (Phi) is 4.43. The first-order chi connectivity index (χ1) is 10.2. The fourth-order valence-corrected chi connectivity index (χ4v) is 3.29. The normalized spacial score (nSPS) is 23.3. The van der Waals surface area contributed by atoms with Crippen LogP contribution in [0.15, 0.2) is 6.20 Å². The maximum atomic E-state index is 11.6. The van der Waals surface area contributed by atoms with Gasteiger partial charge in [-0.25, -0.2) is 4.79 Å². The first-order valence-corrected chi connectivity index (χ1v) is 7.93. The molecule has 2 heterocycles. The third kappa shape index (κ3) is 3.37. The lowest BCUT2D eigenvalue weighted by Crippen LogP contribution is -2.29. The highest BCUT2D eigenvalue weighted by Gasteiger charge is 2.25. The molecule has 0 spiro atoms. The van der Waals surface area contributed by atoms with Crippen LogP contribution < -0.4 is 10.1 Å². The van der Waals surface area contributed by atoms with Gasteiger partial charge in [-0.1, -0.05) is 6.42 Å². The Labute approximate surface area is 124 Å². The molecule has 0 aromatic carbocycles. The topological polar surface area (TPSA) is 76.4 Å². The molecular formula is C15H23N3O3. The summed E-state index contributed by atoms with van der Waals surface area (Å²) in [7, 11) is 0. The van der Waals surface area contributed by atoms with Crippen molar-refractivity contribution in [3.8, 4) is 5.75 Å². The van der Waals surface area contributed by atoms with E-state index in [9.17, 15) is 9.90 Å². The van der Waals surface area contributed by atoms with Gasteiger partial charge in [0.15, 0.2) is 11.4 Å². The van der Waals surface area contributed by atoms with Gasteiger partial charge in [-0.15, -0.1) is 0 Å². The number of nitrogens with zero attached hydrogens (tertiary/aromatic N) is 2. The van der Waals surface area contributed by atoms with Crippen LogP contribution in [-0.2, 0) is 6.54 Å². The Hall–Kier alpha value is -1.56. The van der Waals surface area contributed by atoms with Gasteiger partial charge >= 0.3 is 5.97 Å². The molecule has 116 valence electrons. The third-order valence-electron chi connectivity index (χ3n) is 4.41. The maximum Gasteiger partial charge on any atom is 0.358 e. The fourth-order valence-electron chi connectivity index (χ4n) is 3.29. The number of hydrogen-bond acceptors (Lipinski definition) is 4. The minimum Gasteiger partial charge on any atom is -0.486 e. The van der Waals surface area contributed by atoms with E-state index in [2.05, 4.69) is 10.4 Å². The second-order valence-electron chi connectivity index (χ2n) is 6.02. The predicted octanol–water partition coefficient (Wildman–Crippen LogP) is 2.04. The van der Waals surface area contributed by atoms with Crippen molar-refractivity contribution in [3.63, 3.8) is 0 Å². The number of aromatic nitrogens is 2. The van der Waals surface area contributed by atoms with Crippen LogP contribution in [0, 0.1) is 0 Å². The van der Waals surface area contributed by atoms with Crippen LogP contribution in [0.3, 0.4) is 0 Å². The van der Waals surface area contributed by atoms with Crippen molar-refractivity contribution in [3.05, 3.63) is 11.9 Å². The summed E-state index contributed by atoms with van der Waals surface area (Å²) >= 11 is 0. The highest BCUT2D eigenvalue weighted by molar-refractivity contribution is 5.88. The molecule has 2 fully saturated rings. The maximum absolute atomic E-state index is 11.6. The highest BCUT2D eigenvalue weighted by atomic mass is 16.5. The molecule has 1 saturated carbocycles. The van der Waals surface area contributed by atoms with Crippen LogP contribution in [0.4, 0.5) is 0 Å². The van der Waals surface area contributed by atoms with Crippen LogP contribution in [0.2, 0.25) is 0 Å². The molecule has 6 heteroatoms. The number of nitrogens with one attached hydrogen (secondary N) is 1. The summed E-state index contributed by atoms with van der Waals surface area (Å²) in [6.07, 6.45) is 9.49. The number of aromatic carboxylic acids is 1. The van der Waals surface area contributed by atoms with Crippen molar-refractivity contribution in [2.45, 2.75) is 63.6 Å². The molecule has 0 amide bonds. The Morgan fingerprint density at radius 3 is 2.81 bits per heavy atom. The minimum absolute atomic E-state index is 0.138. The third-order valence-corrected chi connectivity index (χ3v) is 4.41. The van der Waals surface area contributed by atoms with E-state index < -0.39 is 5.97 Å². The number of ether oxygens (including phenoxy) is 1. The van der Waals surface area contributed by atoms with Crippen LogP contribution in [0.5, 0.6) is 5.75 Å². The molecular weight excluding hydrogens is 270 g/mol. The van der Waals surface area contributed by atoms with E-state index in [0.29, 0.717) is 18.3 Å². The summed E-state index contributed by atoms with van der Waals surface area (Å²) in [5, 5.41) is 17.1. The van der Waals surface area contributed by atoms with E-state index in [1.165, 1.54) is 6.42 Å². The van der Waals surface area contributed by atoms with Crippen LogP contribution in [0.25, 0.3) is 0 Å². The zero-order valence-electron chi connectivity index (χ0n) is 12.3. The van der Waals surface area contributed by atoms with Gasteiger partial charge < -0.3 is 15.2 Å². The number of hydrogen-bond donors (Lipinski definition) is 2. The molecule has 1 aromatic heterocycles. The van der Waals surface area contributed by atoms with Crippen molar-refractivity contribution in [1.29, 1.82) is 0 Å². The van der Waals surface area contributed by atoms with Crippen molar-refractivity contribution in [2.24, 2.45) is 0 Å². The second-order valence-corrected chi connectivity index (χ2v) is 6.02. The molecule has 1 saturated heterocycles. The lowest BCUT2D eigenvalue weighted by Gasteiger charge is -2.22. The molecule has 0 radical (unpaired) electrons. The molecule has 1 aromatic rings. The quantitative estimate of drug-likeness (QED) is 0.869. The van der Waals surface area contributed by atoms with E-state index in [0.717, 1.165) is 45.1 Å². The van der Waals surface area contributed by atoms with Gasteiger partial charge in [0.2, 0.25) is 0 Å². The SMILES string of the molecule is O=C(O)c1c(OC2CCCCC2)cnn1CC1CCCN1. The molecule has 2 aliphatic rings. The van der Waals surface area contributed by atoms with E-state index in [1.807, 2.05) is 0 Å². The average molecular weight is 293 g/mol. The van der Waals surface area contributed by atoms with Crippen LogP contribution >= 0.6 is 0 Å². The molecule has 1 atom stereocenters. The van der Waals surface area contributed by atoms with Crippen molar-refractivity contribution in [2.75, 3.05) is 6.54 Å². The number of carbonyl (C=O) groups is 1. The monoisotopic (exact) mass is 293 g/mol.